The largest absolute Gasteiger partial charge is 0.443 e. The number of ether oxygens (including phenoxy) is 4. The zero-order valence-electron chi connectivity index (χ0n) is 18.9. The summed E-state index contributed by atoms with van der Waals surface area (Å²) in [4.78, 5) is 24.1. The van der Waals surface area contributed by atoms with Crippen LogP contribution in [0.5, 0.6) is 0 Å². The van der Waals surface area contributed by atoms with Crippen LogP contribution >= 0.6 is 0 Å². The van der Waals surface area contributed by atoms with Crippen LogP contribution < -0.4 is 11.1 Å². The molecule has 2 aliphatic heterocycles. The Hall–Kier alpha value is -1.64. The predicted octanol–water partition coefficient (Wildman–Crippen LogP) is 2.30. The van der Waals surface area contributed by atoms with Crippen LogP contribution in [0.15, 0.2) is 11.6 Å². The van der Waals surface area contributed by atoms with Gasteiger partial charge in [-0.3, -0.25) is 4.79 Å². The normalized spacial score (nSPS) is 38.1. The highest BCUT2D eigenvalue weighted by molar-refractivity contribution is 5.84. The average Bonchev–Trinajstić information content (AvgIpc) is 3.56. The van der Waals surface area contributed by atoms with Crippen molar-refractivity contribution in [1.82, 2.24) is 5.32 Å². The monoisotopic (exact) mass is 424 g/mol. The van der Waals surface area contributed by atoms with Crippen molar-refractivity contribution in [3.63, 3.8) is 0 Å². The molecule has 0 unspecified atom stereocenters. The molecule has 3 N–H and O–H groups in total. The van der Waals surface area contributed by atoms with Gasteiger partial charge in [0.25, 0.3) is 0 Å². The summed E-state index contributed by atoms with van der Waals surface area (Å²) in [5, 5.41) is 2.59. The maximum atomic E-state index is 12.5. The zero-order chi connectivity index (χ0) is 22.3. The van der Waals surface area contributed by atoms with E-state index >= 15 is 0 Å². The van der Waals surface area contributed by atoms with Crippen molar-refractivity contribution in [3.05, 3.63) is 11.6 Å². The van der Waals surface area contributed by atoms with Crippen molar-refractivity contribution < 1.29 is 28.5 Å². The number of hydrogen-bond donors (Lipinski definition) is 2. The Balaban J connectivity index is 1.71. The Morgan fingerprint density at radius 1 is 1.33 bits per heavy atom. The molecule has 8 heteroatoms. The first kappa shape index (κ1) is 23.0. The van der Waals surface area contributed by atoms with Crippen LogP contribution in [0.25, 0.3) is 0 Å². The molecule has 1 aliphatic carbocycles. The van der Waals surface area contributed by atoms with Crippen molar-refractivity contribution in [2.45, 2.75) is 89.4 Å². The summed E-state index contributed by atoms with van der Waals surface area (Å²) < 4.78 is 23.7. The molecule has 1 spiro atoms. The van der Waals surface area contributed by atoms with Crippen molar-refractivity contribution in [2.75, 3.05) is 13.7 Å². The fourth-order valence-electron chi connectivity index (χ4n) is 4.94. The average molecular weight is 425 g/mol. The number of primary amides is 1. The molecule has 0 radical (unpaired) electrons. The number of methoxy groups -OCH3 is 1. The summed E-state index contributed by atoms with van der Waals surface area (Å²) in [5.74, 6) is -0.766. The molecule has 3 rings (SSSR count). The molecule has 1 saturated carbocycles. The predicted molar refractivity (Wildman–Crippen MR) is 111 cm³/mol. The van der Waals surface area contributed by atoms with Crippen LogP contribution in [0.3, 0.4) is 0 Å². The molecule has 2 amide bonds. The molecule has 8 nitrogen and oxygen atoms in total. The summed E-state index contributed by atoms with van der Waals surface area (Å²) in [5.41, 5.74) is 5.98. The van der Waals surface area contributed by atoms with Crippen molar-refractivity contribution in [1.29, 1.82) is 0 Å². The van der Waals surface area contributed by atoms with E-state index in [0.29, 0.717) is 13.0 Å². The lowest BCUT2D eigenvalue weighted by Crippen LogP contribution is -2.57. The molecule has 0 aromatic carbocycles. The lowest BCUT2D eigenvalue weighted by Gasteiger charge is -2.42. The molecular formula is C22H36N2O6. The second kappa shape index (κ2) is 8.48. The van der Waals surface area contributed by atoms with Crippen LogP contribution in [-0.2, 0) is 23.7 Å². The maximum Gasteiger partial charge on any atom is 0.408 e. The maximum absolute atomic E-state index is 12.5. The Kier molecular flexibility index (Phi) is 6.51. The van der Waals surface area contributed by atoms with Gasteiger partial charge in [0.1, 0.15) is 29.5 Å². The van der Waals surface area contributed by atoms with Gasteiger partial charge in [0.2, 0.25) is 5.91 Å². The number of carbonyl (C=O) groups is 2. The molecule has 170 valence electrons. The highest BCUT2D eigenvalue weighted by Crippen LogP contribution is 2.59. The first-order valence-corrected chi connectivity index (χ1v) is 10.8. The minimum absolute atomic E-state index is 0.0471. The summed E-state index contributed by atoms with van der Waals surface area (Å²) in [6.07, 6.45) is 3.02. The van der Waals surface area contributed by atoms with E-state index in [9.17, 15) is 9.59 Å². The molecule has 2 saturated heterocycles. The van der Waals surface area contributed by atoms with Crippen LogP contribution in [-0.4, -0.2) is 61.3 Å². The van der Waals surface area contributed by atoms with Gasteiger partial charge >= 0.3 is 6.09 Å². The van der Waals surface area contributed by atoms with E-state index in [4.69, 9.17) is 24.7 Å². The molecule has 30 heavy (non-hydrogen) atoms. The third kappa shape index (κ3) is 4.50. The minimum Gasteiger partial charge on any atom is -0.443 e. The van der Waals surface area contributed by atoms with E-state index in [1.807, 2.05) is 13.8 Å². The van der Waals surface area contributed by atoms with E-state index in [-0.39, 0.29) is 29.6 Å². The van der Waals surface area contributed by atoms with Crippen molar-refractivity contribution in [3.8, 4) is 0 Å². The standard InChI is InChI=1S/C22H36N2O6/c1-12(2)7-8-15-21(5,30-15)18-17(27-6)14(9-10-22(18)11-28-22)29-20(26)24-16(13(3)4)19(23)25/h7,13-18H,8-11H2,1-6H3,(H2,23,25)(H,24,26)/t14-,15-,16-,17-,18-,21-,22+/m1/s1. The third-order valence-corrected chi connectivity index (χ3v) is 6.74. The van der Waals surface area contributed by atoms with Crippen LogP contribution in [0, 0.1) is 11.8 Å². The molecule has 0 bridgehead atoms. The summed E-state index contributed by atoms with van der Waals surface area (Å²) in [6.45, 7) is 10.5. The van der Waals surface area contributed by atoms with Crippen molar-refractivity contribution >= 4 is 12.0 Å². The fraction of sp³-hybridized carbons (Fsp3) is 0.818. The van der Waals surface area contributed by atoms with Crippen LogP contribution in [0.4, 0.5) is 4.79 Å². The Morgan fingerprint density at radius 2 is 2.00 bits per heavy atom. The highest BCUT2D eigenvalue weighted by atomic mass is 16.6. The van der Waals surface area contributed by atoms with Gasteiger partial charge in [-0.25, -0.2) is 4.79 Å². The number of alkyl carbamates (subject to hydrolysis) is 1. The first-order chi connectivity index (χ1) is 14.0. The molecule has 0 aromatic heterocycles. The van der Waals surface area contributed by atoms with Gasteiger partial charge < -0.3 is 30.0 Å². The van der Waals surface area contributed by atoms with Gasteiger partial charge in [0.05, 0.1) is 18.6 Å². The van der Waals surface area contributed by atoms with Crippen molar-refractivity contribution in [2.24, 2.45) is 17.6 Å². The fourth-order valence-corrected chi connectivity index (χ4v) is 4.94. The number of nitrogens with one attached hydrogen (secondary N) is 1. The van der Waals surface area contributed by atoms with E-state index in [0.717, 1.165) is 12.8 Å². The molecular weight excluding hydrogens is 388 g/mol. The SMILES string of the molecule is CO[C@@H]1[C@H](OC(=O)N[C@@H](C(N)=O)C(C)C)CC[C@]2(CO2)[C@H]1[C@]1(C)O[C@@H]1CC=C(C)C. The van der Waals surface area contributed by atoms with Gasteiger partial charge in [-0.15, -0.1) is 0 Å². The lowest BCUT2D eigenvalue weighted by atomic mass is 9.68. The smallest absolute Gasteiger partial charge is 0.408 e. The number of allylic oxidation sites excluding steroid dienone is 1. The molecule has 3 aliphatic rings. The summed E-state index contributed by atoms with van der Waals surface area (Å²) in [6, 6.07) is -0.784. The first-order valence-electron chi connectivity index (χ1n) is 10.8. The van der Waals surface area contributed by atoms with E-state index < -0.39 is 29.7 Å². The minimum atomic E-state index is -0.784. The second-order valence-electron chi connectivity index (χ2n) is 9.59. The second-order valence-corrected chi connectivity index (χ2v) is 9.59. The molecule has 0 aromatic rings. The van der Waals surface area contributed by atoms with E-state index in [1.54, 1.807) is 7.11 Å². The van der Waals surface area contributed by atoms with Gasteiger partial charge in [-0.2, -0.15) is 0 Å². The number of hydrogen-bond acceptors (Lipinski definition) is 6. The molecule has 2 heterocycles. The topological polar surface area (TPSA) is 116 Å². The molecule has 3 fully saturated rings. The molecule has 7 atom stereocenters. The summed E-state index contributed by atoms with van der Waals surface area (Å²) in [7, 11) is 1.63. The van der Waals surface area contributed by atoms with Gasteiger partial charge in [-0.1, -0.05) is 25.5 Å². The number of epoxide rings is 2. The van der Waals surface area contributed by atoms with E-state index in [2.05, 4.69) is 32.2 Å². The van der Waals surface area contributed by atoms with Crippen LogP contribution in [0.2, 0.25) is 0 Å². The zero-order valence-corrected chi connectivity index (χ0v) is 18.9. The number of carbonyl (C=O) groups excluding carboxylic acids is 2. The Bertz CT molecular complexity index is 700. The quantitative estimate of drug-likeness (QED) is 0.456. The third-order valence-electron chi connectivity index (χ3n) is 6.74. The number of amides is 2. The summed E-state index contributed by atoms with van der Waals surface area (Å²) >= 11 is 0. The Morgan fingerprint density at radius 3 is 2.50 bits per heavy atom. The van der Waals surface area contributed by atoms with Gasteiger partial charge in [-0.05, 0) is 46.0 Å². The highest BCUT2D eigenvalue weighted by Gasteiger charge is 2.72. The van der Waals surface area contributed by atoms with E-state index in [1.165, 1.54) is 5.57 Å². The number of nitrogens with two attached hydrogens (primary N) is 1. The lowest BCUT2D eigenvalue weighted by molar-refractivity contribution is -0.123. The number of rotatable bonds is 8. The van der Waals surface area contributed by atoms with Gasteiger partial charge in [0.15, 0.2) is 0 Å². The Labute approximate surface area is 178 Å². The van der Waals surface area contributed by atoms with Gasteiger partial charge in [0, 0.05) is 7.11 Å². The van der Waals surface area contributed by atoms with Crippen LogP contribution in [0.1, 0.15) is 53.9 Å².